The molecule has 0 aliphatic carbocycles. The number of ether oxygens (including phenoxy) is 1. The van der Waals surface area contributed by atoms with E-state index >= 15 is 0 Å². The second-order valence-electron chi connectivity index (χ2n) is 3.89. The topological polar surface area (TPSA) is 106 Å². The van der Waals surface area contributed by atoms with Gasteiger partial charge in [-0.3, -0.25) is 4.79 Å². The van der Waals surface area contributed by atoms with Crippen LogP contribution in [-0.2, 0) is 11.3 Å². The Morgan fingerprint density at radius 2 is 2.25 bits per heavy atom. The van der Waals surface area contributed by atoms with Gasteiger partial charge in [-0.25, -0.2) is 9.48 Å². The highest BCUT2D eigenvalue weighted by molar-refractivity contribution is 5.90. The third-order valence-corrected chi connectivity index (χ3v) is 2.42. The molecular formula is C12H12N4O4. The van der Waals surface area contributed by atoms with Crippen molar-refractivity contribution in [3.63, 3.8) is 0 Å². The minimum absolute atomic E-state index is 0.127. The number of hydrogen-bond donors (Lipinski definition) is 2. The van der Waals surface area contributed by atoms with Gasteiger partial charge in [0.05, 0.1) is 13.3 Å². The minimum atomic E-state index is -1.19. The number of nitrogens with one attached hydrogen (secondary N) is 1. The smallest absolute Gasteiger partial charge is 0.358 e. The number of carboxylic acid groups (broad SMARTS) is 1. The van der Waals surface area contributed by atoms with Gasteiger partial charge < -0.3 is 15.2 Å². The molecule has 0 aliphatic heterocycles. The van der Waals surface area contributed by atoms with Crippen LogP contribution in [0.4, 0.5) is 5.69 Å². The van der Waals surface area contributed by atoms with Gasteiger partial charge in [0, 0.05) is 11.8 Å². The van der Waals surface area contributed by atoms with Crippen LogP contribution in [0, 0.1) is 0 Å². The van der Waals surface area contributed by atoms with E-state index in [0.29, 0.717) is 11.4 Å². The van der Waals surface area contributed by atoms with E-state index in [1.165, 1.54) is 13.3 Å². The van der Waals surface area contributed by atoms with Crippen molar-refractivity contribution in [1.29, 1.82) is 0 Å². The summed E-state index contributed by atoms with van der Waals surface area (Å²) >= 11 is 0. The molecule has 0 unspecified atom stereocenters. The van der Waals surface area contributed by atoms with Crippen LogP contribution in [0.3, 0.4) is 0 Å². The van der Waals surface area contributed by atoms with E-state index in [1.807, 2.05) is 0 Å². The second-order valence-corrected chi connectivity index (χ2v) is 3.89. The number of carbonyl (C=O) groups excluding carboxylic acids is 1. The van der Waals surface area contributed by atoms with E-state index in [2.05, 4.69) is 15.6 Å². The van der Waals surface area contributed by atoms with Crippen LogP contribution in [-0.4, -0.2) is 39.1 Å². The van der Waals surface area contributed by atoms with E-state index in [4.69, 9.17) is 9.84 Å². The van der Waals surface area contributed by atoms with Gasteiger partial charge in [-0.05, 0) is 12.1 Å². The van der Waals surface area contributed by atoms with Crippen molar-refractivity contribution in [1.82, 2.24) is 15.0 Å². The molecule has 0 aliphatic rings. The lowest BCUT2D eigenvalue weighted by atomic mass is 10.3. The monoisotopic (exact) mass is 276 g/mol. The van der Waals surface area contributed by atoms with Crippen LogP contribution < -0.4 is 10.1 Å². The van der Waals surface area contributed by atoms with Gasteiger partial charge in [0.15, 0.2) is 5.69 Å². The fourth-order valence-corrected chi connectivity index (χ4v) is 1.52. The normalized spacial score (nSPS) is 10.1. The molecule has 8 heteroatoms. The van der Waals surface area contributed by atoms with Gasteiger partial charge >= 0.3 is 5.97 Å². The number of rotatable bonds is 5. The number of benzene rings is 1. The molecule has 104 valence electrons. The Bertz CT molecular complexity index is 638. The Balaban J connectivity index is 1.99. The zero-order chi connectivity index (χ0) is 14.5. The number of hydrogen-bond acceptors (Lipinski definition) is 5. The Kier molecular flexibility index (Phi) is 3.94. The first kappa shape index (κ1) is 13.5. The maximum atomic E-state index is 11.8. The van der Waals surface area contributed by atoms with Crippen LogP contribution >= 0.6 is 0 Å². The Morgan fingerprint density at radius 3 is 2.90 bits per heavy atom. The molecule has 1 amide bonds. The summed E-state index contributed by atoms with van der Waals surface area (Å²) in [6.07, 6.45) is 1.19. The number of carboxylic acids is 1. The summed E-state index contributed by atoms with van der Waals surface area (Å²) in [6.45, 7) is -0.127. The molecule has 2 rings (SSSR count). The van der Waals surface area contributed by atoms with Crippen LogP contribution in [0.25, 0.3) is 0 Å². The van der Waals surface area contributed by atoms with Crippen LogP contribution in [0.1, 0.15) is 10.5 Å². The zero-order valence-electron chi connectivity index (χ0n) is 10.6. The van der Waals surface area contributed by atoms with Crippen molar-refractivity contribution >= 4 is 17.6 Å². The summed E-state index contributed by atoms with van der Waals surface area (Å²) in [5, 5.41) is 18.3. The standard InChI is InChI=1S/C12H12N4O4/c1-20-9-4-2-3-8(5-9)13-11(17)7-16-6-10(12(18)19)14-15-16/h2-6H,7H2,1H3,(H,13,17)(H,18,19). The average Bonchev–Trinajstić information content (AvgIpc) is 2.87. The highest BCUT2D eigenvalue weighted by Crippen LogP contribution is 2.16. The van der Waals surface area contributed by atoms with Gasteiger partial charge in [0.25, 0.3) is 0 Å². The quantitative estimate of drug-likeness (QED) is 0.829. The van der Waals surface area contributed by atoms with Crippen molar-refractivity contribution in [2.75, 3.05) is 12.4 Å². The summed E-state index contributed by atoms with van der Waals surface area (Å²) in [4.78, 5) is 22.4. The van der Waals surface area contributed by atoms with E-state index < -0.39 is 5.97 Å². The number of anilines is 1. The molecule has 0 saturated carbocycles. The van der Waals surface area contributed by atoms with Crippen molar-refractivity contribution in [3.05, 3.63) is 36.2 Å². The fraction of sp³-hybridized carbons (Fsp3) is 0.167. The first-order chi connectivity index (χ1) is 9.58. The first-order valence-electron chi connectivity index (χ1n) is 5.66. The molecule has 1 aromatic carbocycles. The third-order valence-electron chi connectivity index (χ3n) is 2.42. The molecule has 8 nitrogen and oxygen atoms in total. The number of amides is 1. The lowest BCUT2D eigenvalue weighted by Crippen LogP contribution is -2.19. The van der Waals surface area contributed by atoms with Gasteiger partial charge in [-0.1, -0.05) is 11.3 Å². The van der Waals surface area contributed by atoms with E-state index in [9.17, 15) is 9.59 Å². The summed E-state index contributed by atoms with van der Waals surface area (Å²) in [6, 6.07) is 6.88. The largest absolute Gasteiger partial charge is 0.497 e. The Morgan fingerprint density at radius 1 is 1.45 bits per heavy atom. The van der Waals surface area contributed by atoms with Crippen molar-refractivity contribution in [2.24, 2.45) is 0 Å². The maximum absolute atomic E-state index is 11.8. The van der Waals surface area contributed by atoms with Crippen molar-refractivity contribution in [2.45, 2.75) is 6.54 Å². The van der Waals surface area contributed by atoms with Crippen LogP contribution in [0.5, 0.6) is 5.75 Å². The van der Waals surface area contributed by atoms with E-state index in [-0.39, 0.29) is 18.1 Å². The van der Waals surface area contributed by atoms with Gasteiger partial charge in [-0.2, -0.15) is 0 Å². The van der Waals surface area contributed by atoms with Crippen LogP contribution in [0.2, 0.25) is 0 Å². The van der Waals surface area contributed by atoms with Gasteiger partial charge in [-0.15, -0.1) is 5.10 Å². The Hall–Kier alpha value is -2.90. The molecule has 2 N–H and O–H groups in total. The first-order valence-corrected chi connectivity index (χ1v) is 5.66. The third kappa shape index (κ3) is 3.31. The number of aromatic carboxylic acids is 1. The SMILES string of the molecule is COc1cccc(NC(=O)Cn2cc(C(=O)O)nn2)c1. The molecule has 0 bridgehead atoms. The molecule has 0 radical (unpaired) electrons. The molecule has 1 aromatic heterocycles. The summed E-state index contributed by atoms with van der Waals surface area (Å²) in [5.74, 6) is -0.915. The predicted molar refractivity (Wildman–Crippen MR) is 68.6 cm³/mol. The molecular weight excluding hydrogens is 264 g/mol. The average molecular weight is 276 g/mol. The summed E-state index contributed by atoms with van der Waals surface area (Å²) < 4.78 is 6.19. The number of nitrogens with zero attached hydrogens (tertiary/aromatic N) is 3. The molecule has 0 fully saturated rings. The fourth-order valence-electron chi connectivity index (χ4n) is 1.52. The second kappa shape index (κ2) is 5.83. The zero-order valence-corrected chi connectivity index (χ0v) is 10.6. The van der Waals surface area contributed by atoms with E-state index in [1.54, 1.807) is 24.3 Å². The molecule has 0 saturated heterocycles. The molecule has 0 spiro atoms. The molecule has 0 atom stereocenters. The minimum Gasteiger partial charge on any atom is -0.497 e. The highest BCUT2D eigenvalue weighted by Gasteiger charge is 2.10. The number of aromatic nitrogens is 3. The number of carbonyl (C=O) groups is 2. The lowest BCUT2D eigenvalue weighted by Gasteiger charge is -2.06. The maximum Gasteiger partial charge on any atom is 0.358 e. The van der Waals surface area contributed by atoms with Gasteiger partial charge in [0.1, 0.15) is 12.3 Å². The lowest BCUT2D eigenvalue weighted by molar-refractivity contribution is -0.116. The predicted octanol–water partition coefficient (Wildman–Crippen LogP) is 0.624. The van der Waals surface area contributed by atoms with E-state index in [0.717, 1.165) is 4.68 Å². The van der Waals surface area contributed by atoms with Crippen molar-refractivity contribution in [3.8, 4) is 5.75 Å². The Labute approximate surface area is 114 Å². The molecule has 2 aromatic rings. The summed E-state index contributed by atoms with van der Waals surface area (Å²) in [5.41, 5.74) is 0.368. The summed E-state index contributed by atoms with van der Waals surface area (Å²) in [7, 11) is 1.53. The highest BCUT2D eigenvalue weighted by atomic mass is 16.5. The number of methoxy groups -OCH3 is 1. The van der Waals surface area contributed by atoms with Gasteiger partial charge in [0.2, 0.25) is 5.91 Å². The molecule has 20 heavy (non-hydrogen) atoms. The molecule has 1 heterocycles. The van der Waals surface area contributed by atoms with Crippen molar-refractivity contribution < 1.29 is 19.4 Å². The van der Waals surface area contributed by atoms with Crippen LogP contribution in [0.15, 0.2) is 30.5 Å².